The van der Waals surface area contributed by atoms with Crippen LogP contribution in [0, 0.1) is 5.92 Å². The average molecular weight is 410 g/mol. The van der Waals surface area contributed by atoms with E-state index in [1.54, 1.807) is 0 Å². The summed E-state index contributed by atoms with van der Waals surface area (Å²) in [7, 11) is -1.72. The molecule has 0 unspecified atom stereocenters. The summed E-state index contributed by atoms with van der Waals surface area (Å²) in [6, 6.07) is 9.23. The maximum absolute atomic E-state index is 12.3. The standard InChI is InChI=1S/C20H31N3O4S/c1-3-21-20(23-13-10-18(11-14-23)19(24)27-2)22-12-7-15-28(25,26)16-17-8-5-4-6-9-17/h4-6,8-9,18H,3,7,10-16H2,1-2H3,(H,21,22). The van der Waals surface area contributed by atoms with E-state index in [0.29, 0.717) is 13.0 Å². The van der Waals surface area contributed by atoms with Gasteiger partial charge in [-0.3, -0.25) is 9.79 Å². The van der Waals surface area contributed by atoms with E-state index in [4.69, 9.17) is 4.74 Å². The Morgan fingerprint density at radius 2 is 1.93 bits per heavy atom. The Kier molecular flexibility index (Phi) is 8.76. The van der Waals surface area contributed by atoms with E-state index in [0.717, 1.165) is 44.0 Å². The van der Waals surface area contributed by atoms with E-state index < -0.39 is 9.84 Å². The van der Waals surface area contributed by atoms with Crippen LogP contribution in [-0.2, 0) is 25.1 Å². The van der Waals surface area contributed by atoms with Gasteiger partial charge in [-0.15, -0.1) is 0 Å². The van der Waals surface area contributed by atoms with Crippen LogP contribution < -0.4 is 5.32 Å². The minimum atomic E-state index is -3.14. The van der Waals surface area contributed by atoms with Gasteiger partial charge in [0.1, 0.15) is 0 Å². The molecule has 1 saturated heterocycles. The van der Waals surface area contributed by atoms with E-state index in [9.17, 15) is 13.2 Å². The van der Waals surface area contributed by atoms with E-state index in [2.05, 4.69) is 15.2 Å². The second-order valence-corrected chi connectivity index (χ2v) is 9.14. The first-order chi connectivity index (χ1) is 13.4. The van der Waals surface area contributed by atoms with Gasteiger partial charge in [-0.2, -0.15) is 0 Å². The molecule has 1 N–H and O–H groups in total. The number of rotatable bonds is 8. The number of carbonyl (C=O) groups is 1. The highest BCUT2D eigenvalue weighted by Gasteiger charge is 2.26. The Hall–Kier alpha value is -2.09. The molecule has 0 atom stereocenters. The van der Waals surface area contributed by atoms with Crippen LogP contribution in [0.2, 0.25) is 0 Å². The lowest BCUT2D eigenvalue weighted by molar-refractivity contribution is -0.146. The summed E-state index contributed by atoms with van der Waals surface area (Å²) in [5.74, 6) is 0.775. The molecule has 2 rings (SSSR count). The second kappa shape index (κ2) is 11.0. The van der Waals surface area contributed by atoms with Crippen molar-refractivity contribution < 1.29 is 17.9 Å². The molecule has 0 aromatic heterocycles. The van der Waals surface area contributed by atoms with Gasteiger partial charge >= 0.3 is 5.97 Å². The summed E-state index contributed by atoms with van der Waals surface area (Å²) >= 11 is 0. The van der Waals surface area contributed by atoms with Crippen molar-refractivity contribution in [3.63, 3.8) is 0 Å². The molecule has 8 heteroatoms. The number of aliphatic imine (C=N–C) groups is 1. The van der Waals surface area contributed by atoms with Crippen molar-refractivity contribution in [2.24, 2.45) is 10.9 Å². The first kappa shape index (κ1) is 22.2. The Balaban J connectivity index is 1.83. The molecule has 1 aliphatic heterocycles. The third-order valence-electron chi connectivity index (χ3n) is 4.77. The number of methoxy groups -OCH3 is 1. The predicted molar refractivity (Wildman–Crippen MR) is 111 cm³/mol. The van der Waals surface area contributed by atoms with Crippen LogP contribution >= 0.6 is 0 Å². The minimum absolute atomic E-state index is 0.0488. The highest BCUT2D eigenvalue weighted by Crippen LogP contribution is 2.18. The number of nitrogens with one attached hydrogen (secondary N) is 1. The topological polar surface area (TPSA) is 88.1 Å². The molecule has 1 aromatic rings. The molecule has 156 valence electrons. The van der Waals surface area contributed by atoms with Gasteiger partial charge in [0.25, 0.3) is 0 Å². The lowest BCUT2D eigenvalue weighted by Gasteiger charge is -2.33. The number of ether oxygens (including phenoxy) is 1. The predicted octanol–water partition coefficient (Wildman–Crippen LogP) is 1.84. The second-order valence-electron chi connectivity index (χ2n) is 6.95. The van der Waals surface area contributed by atoms with Crippen molar-refractivity contribution in [3.05, 3.63) is 35.9 Å². The van der Waals surface area contributed by atoms with Gasteiger partial charge in [-0.05, 0) is 31.7 Å². The fourth-order valence-corrected chi connectivity index (χ4v) is 4.70. The molecule has 0 amide bonds. The van der Waals surface area contributed by atoms with Crippen molar-refractivity contribution in [2.75, 3.05) is 39.0 Å². The minimum Gasteiger partial charge on any atom is -0.469 e. The molecule has 0 saturated carbocycles. The summed E-state index contributed by atoms with van der Waals surface area (Å²) in [5, 5.41) is 3.26. The van der Waals surface area contributed by atoms with Crippen molar-refractivity contribution in [1.82, 2.24) is 10.2 Å². The van der Waals surface area contributed by atoms with Crippen LogP contribution in [-0.4, -0.2) is 64.3 Å². The zero-order valence-electron chi connectivity index (χ0n) is 16.8. The number of hydrogen-bond donors (Lipinski definition) is 1. The monoisotopic (exact) mass is 409 g/mol. The number of esters is 1. The maximum Gasteiger partial charge on any atom is 0.308 e. The van der Waals surface area contributed by atoms with E-state index in [1.165, 1.54) is 7.11 Å². The molecule has 28 heavy (non-hydrogen) atoms. The van der Waals surface area contributed by atoms with Gasteiger partial charge in [0.05, 0.1) is 24.5 Å². The number of benzene rings is 1. The molecule has 0 aliphatic carbocycles. The van der Waals surface area contributed by atoms with Crippen molar-refractivity contribution in [3.8, 4) is 0 Å². The number of sulfone groups is 1. The fraction of sp³-hybridized carbons (Fsp3) is 0.600. The summed E-state index contributed by atoms with van der Waals surface area (Å²) in [6.07, 6.45) is 1.97. The molecule has 0 radical (unpaired) electrons. The highest BCUT2D eigenvalue weighted by molar-refractivity contribution is 7.90. The summed E-state index contributed by atoms with van der Waals surface area (Å²) < 4.78 is 29.4. The fourth-order valence-electron chi connectivity index (χ4n) is 3.29. The first-order valence-electron chi connectivity index (χ1n) is 9.80. The van der Waals surface area contributed by atoms with Crippen molar-refractivity contribution >= 4 is 21.8 Å². The average Bonchev–Trinajstić information content (AvgIpc) is 2.70. The number of piperidine rings is 1. The molecule has 0 spiro atoms. The van der Waals surface area contributed by atoms with Gasteiger partial charge in [0, 0.05) is 26.2 Å². The Morgan fingerprint density at radius 1 is 1.25 bits per heavy atom. The molecular formula is C20H31N3O4S. The van der Waals surface area contributed by atoms with E-state index in [-0.39, 0.29) is 23.4 Å². The summed E-state index contributed by atoms with van der Waals surface area (Å²) in [5.41, 5.74) is 0.813. The van der Waals surface area contributed by atoms with Crippen LogP contribution in [0.3, 0.4) is 0 Å². The molecule has 1 heterocycles. The van der Waals surface area contributed by atoms with Gasteiger partial charge in [0.2, 0.25) is 0 Å². The highest BCUT2D eigenvalue weighted by atomic mass is 32.2. The van der Waals surface area contributed by atoms with Crippen LogP contribution in [0.25, 0.3) is 0 Å². The number of likely N-dealkylation sites (tertiary alicyclic amines) is 1. The SMILES string of the molecule is CCNC(=NCCCS(=O)(=O)Cc1ccccc1)N1CCC(C(=O)OC)CC1. The lowest BCUT2D eigenvalue weighted by atomic mass is 9.97. The molecule has 1 aromatic carbocycles. The smallest absolute Gasteiger partial charge is 0.308 e. The van der Waals surface area contributed by atoms with Gasteiger partial charge in [-0.25, -0.2) is 8.42 Å². The van der Waals surface area contributed by atoms with Crippen LogP contribution in [0.15, 0.2) is 35.3 Å². The molecular weight excluding hydrogens is 378 g/mol. The number of carbonyl (C=O) groups excluding carboxylic acids is 1. The first-order valence-corrected chi connectivity index (χ1v) is 11.6. The zero-order valence-corrected chi connectivity index (χ0v) is 17.6. The summed E-state index contributed by atoms with van der Waals surface area (Å²) in [6.45, 7) is 4.66. The Morgan fingerprint density at radius 3 is 2.54 bits per heavy atom. The third-order valence-corrected chi connectivity index (χ3v) is 6.45. The van der Waals surface area contributed by atoms with E-state index >= 15 is 0 Å². The van der Waals surface area contributed by atoms with Crippen molar-refractivity contribution in [1.29, 1.82) is 0 Å². The van der Waals surface area contributed by atoms with Gasteiger partial charge < -0.3 is 15.0 Å². The number of hydrogen-bond acceptors (Lipinski definition) is 5. The Bertz CT molecular complexity index is 742. The third kappa shape index (κ3) is 7.14. The Labute approximate surface area is 168 Å². The van der Waals surface area contributed by atoms with E-state index in [1.807, 2.05) is 37.3 Å². The van der Waals surface area contributed by atoms with Crippen LogP contribution in [0.4, 0.5) is 0 Å². The zero-order chi connectivity index (χ0) is 20.4. The van der Waals surface area contributed by atoms with Crippen LogP contribution in [0.1, 0.15) is 31.7 Å². The number of guanidine groups is 1. The largest absolute Gasteiger partial charge is 0.469 e. The number of nitrogens with zero attached hydrogens (tertiary/aromatic N) is 2. The normalized spacial score (nSPS) is 16.1. The summed E-state index contributed by atoms with van der Waals surface area (Å²) in [4.78, 5) is 18.4. The maximum atomic E-state index is 12.3. The van der Waals surface area contributed by atoms with Gasteiger partial charge in [-0.1, -0.05) is 30.3 Å². The molecule has 1 aliphatic rings. The lowest BCUT2D eigenvalue weighted by Crippen LogP contribution is -2.46. The van der Waals surface area contributed by atoms with Gasteiger partial charge in [0.15, 0.2) is 15.8 Å². The quantitative estimate of drug-likeness (QED) is 0.305. The molecule has 7 nitrogen and oxygen atoms in total. The van der Waals surface area contributed by atoms with Crippen LogP contribution in [0.5, 0.6) is 0 Å². The molecule has 0 bridgehead atoms. The molecule has 1 fully saturated rings. The van der Waals surface area contributed by atoms with Crippen molar-refractivity contribution in [2.45, 2.75) is 31.9 Å².